The predicted octanol–water partition coefficient (Wildman–Crippen LogP) is 6.59. The summed E-state index contributed by atoms with van der Waals surface area (Å²) in [4.78, 5) is 31.3. The van der Waals surface area contributed by atoms with Crippen molar-refractivity contribution in [2.75, 3.05) is 38.2 Å². The lowest BCUT2D eigenvalue weighted by molar-refractivity contribution is -0.137. The molecule has 2 aromatic carbocycles. The van der Waals surface area contributed by atoms with Gasteiger partial charge in [-0.25, -0.2) is 0 Å². The predicted molar refractivity (Wildman–Crippen MR) is 156 cm³/mol. The fourth-order valence-electron chi connectivity index (χ4n) is 7.19. The van der Waals surface area contributed by atoms with Crippen LogP contribution in [0.1, 0.15) is 73.7 Å². The SMILES string of the molecule is CN1CC(=O)C(CNC(=O)c2cc(-c3ccc(C(F)(F)F)cc3)cc3c2OCCN3C2CCCCC2)C2=C1CCCC2. The first kappa shape index (κ1) is 28.6. The fraction of sp³-hybridized carbons (Fsp3) is 0.515. The molecule has 4 aliphatic rings. The van der Waals surface area contributed by atoms with Crippen LogP contribution in [-0.2, 0) is 11.0 Å². The Bertz CT molecular complexity index is 1380. The van der Waals surface area contributed by atoms with Gasteiger partial charge in [0.05, 0.1) is 35.8 Å². The van der Waals surface area contributed by atoms with Crippen LogP contribution in [-0.4, -0.2) is 55.9 Å². The highest BCUT2D eigenvalue weighted by Gasteiger charge is 2.35. The van der Waals surface area contributed by atoms with Gasteiger partial charge in [-0.2, -0.15) is 13.2 Å². The number of halogens is 3. The van der Waals surface area contributed by atoms with Crippen molar-refractivity contribution in [2.45, 2.75) is 70.0 Å². The maximum atomic E-state index is 13.8. The molecule has 42 heavy (non-hydrogen) atoms. The number of hydrogen-bond acceptors (Lipinski definition) is 5. The van der Waals surface area contributed by atoms with Crippen molar-refractivity contribution in [1.82, 2.24) is 10.2 Å². The van der Waals surface area contributed by atoms with E-state index in [0.717, 1.165) is 74.8 Å². The van der Waals surface area contributed by atoms with Crippen molar-refractivity contribution >= 4 is 17.4 Å². The van der Waals surface area contributed by atoms with Crippen molar-refractivity contribution in [1.29, 1.82) is 0 Å². The fourth-order valence-corrected chi connectivity index (χ4v) is 7.19. The second-order valence-electron chi connectivity index (χ2n) is 12.0. The normalized spacial score (nSPS) is 21.5. The molecule has 6 rings (SSSR count). The number of allylic oxidation sites excluding steroid dienone is 1. The van der Waals surface area contributed by atoms with Crippen molar-refractivity contribution in [3.63, 3.8) is 0 Å². The van der Waals surface area contributed by atoms with Crippen LogP contribution >= 0.6 is 0 Å². The number of carbonyl (C=O) groups is 2. The first-order valence-electron chi connectivity index (χ1n) is 15.2. The number of amides is 1. The number of Topliss-reactive ketones (excluding diaryl/α,β-unsaturated/α-hetero) is 1. The third-order valence-corrected chi connectivity index (χ3v) is 9.37. The van der Waals surface area contributed by atoms with Crippen molar-refractivity contribution in [2.24, 2.45) is 5.92 Å². The van der Waals surface area contributed by atoms with Gasteiger partial charge in [0, 0.05) is 25.3 Å². The van der Waals surface area contributed by atoms with Gasteiger partial charge in [0.15, 0.2) is 11.5 Å². The molecule has 0 spiro atoms. The number of fused-ring (bicyclic) bond motifs is 1. The van der Waals surface area contributed by atoms with Crippen molar-refractivity contribution < 1.29 is 27.5 Å². The maximum absolute atomic E-state index is 13.8. The van der Waals surface area contributed by atoms with E-state index in [1.54, 1.807) is 6.07 Å². The third kappa shape index (κ3) is 5.62. The molecule has 2 aliphatic heterocycles. The van der Waals surface area contributed by atoms with E-state index in [2.05, 4.69) is 10.2 Å². The molecule has 1 atom stereocenters. The van der Waals surface area contributed by atoms with E-state index in [-0.39, 0.29) is 24.2 Å². The monoisotopic (exact) mass is 581 g/mol. The molecular weight excluding hydrogens is 543 g/mol. The van der Waals surface area contributed by atoms with Crippen LogP contribution in [0.25, 0.3) is 11.1 Å². The van der Waals surface area contributed by atoms with E-state index >= 15 is 0 Å². The molecule has 9 heteroatoms. The molecule has 1 N–H and O–H groups in total. The molecule has 1 unspecified atom stereocenters. The first-order valence-corrected chi connectivity index (χ1v) is 15.2. The summed E-state index contributed by atoms with van der Waals surface area (Å²) >= 11 is 0. The Kier molecular flexibility index (Phi) is 7.94. The third-order valence-electron chi connectivity index (χ3n) is 9.37. The topological polar surface area (TPSA) is 61.9 Å². The molecule has 0 bridgehead atoms. The quantitative estimate of drug-likeness (QED) is 0.432. The summed E-state index contributed by atoms with van der Waals surface area (Å²) in [6.45, 7) is 1.71. The molecule has 0 saturated heterocycles. The van der Waals surface area contributed by atoms with Gasteiger partial charge in [0.2, 0.25) is 0 Å². The van der Waals surface area contributed by atoms with Crippen molar-refractivity contribution in [3.8, 4) is 16.9 Å². The van der Waals surface area contributed by atoms with Crippen LogP contribution < -0.4 is 15.0 Å². The molecule has 1 amide bonds. The Labute approximate surface area is 244 Å². The standard InChI is InChI=1S/C33H38F3N3O3/c1-38-20-30(40)27(25-9-5-6-10-28(25)38)19-37-32(41)26-17-22(21-11-13-23(14-12-21)33(34,35)36)18-29-31(26)42-16-15-39(29)24-7-3-2-4-8-24/h11-14,17-18,24,27H,2-10,15-16,19-20H2,1H3,(H,37,41). The molecule has 0 radical (unpaired) electrons. The summed E-state index contributed by atoms with van der Waals surface area (Å²) in [5.41, 5.74) is 4.06. The van der Waals surface area contributed by atoms with Gasteiger partial charge in [-0.1, -0.05) is 31.4 Å². The number of anilines is 1. The summed E-state index contributed by atoms with van der Waals surface area (Å²) in [6.07, 6.45) is 5.15. The lowest BCUT2D eigenvalue weighted by Crippen LogP contribution is -2.44. The minimum absolute atomic E-state index is 0.110. The number of nitrogens with one attached hydrogen (secondary N) is 1. The molecule has 6 nitrogen and oxygen atoms in total. The number of rotatable bonds is 5. The van der Waals surface area contributed by atoms with Gasteiger partial charge >= 0.3 is 6.18 Å². The Hall–Kier alpha value is -3.49. The zero-order valence-corrected chi connectivity index (χ0v) is 24.1. The smallest absolute Gasteiger partial charge is 0.416 e. The minimum atomic E-state index is -4.43. The zero-order chi connectivity index (χ0) is 29.4. The summed E-state index contributed by atoms with van der Waals surface area (Å²) < 4.78 is 45.9. The molecule has 224 valence electrons. The van der Waals surface area contributed by atoms with Crippen LogP contribution in [0.2, 0.25) is 0 Å². The molecule has 2 heterocycles. The number of alkyl halides is 3. The summed E-state index contributed by atoms with van der Waals surface area (Å²) in [5.74, 6) is -0.0600. The largest absolute Gasteiger partial charge is 0.489 e. The maximum Gasteiger partial charge on any atom is 0.416 e. The molecule has 1 fully saturated rings. The van der Waals surface area contributed by atoms with Gasteiger partial charge in [0.1, 0.15) is 6.61 Å². The number of nitrogens with zero attached hydrogens (tertiary/aromatic N) is 2. The highest BCUT2D eigenvalue weighted by Crippen LogP contribution is 2.43. The number of carbonyl (C=O) groups excluding carboxylic acids is 2. The molecule has 1 saturated carbocycles. The second kappa shape index (κ2) is 11.7. The number of benzene rings is 2. The van der Waals surface area contributed by atoms with Gasteiger partial charge in [0.25, 0.3) is 5.91 Å². The Balaban J connectivity index is 1.34. The summed E-state index contributed by atoms with van der Waals surface area (Å²) in [6, 6.07) is 9.04. The van der Waals surface area contributed by atoms with E-state index in [1.807, 2.05) is 18.0 Å². The number of hydrogen-bond donors (Lipinski definition) is 1. The van der Waals surface area contributed by atoms with E-state index in [4.69, 9.17) is 4.74 Å². The number of likely N-dealkylation sites (N-methyl/N-ethyl adjacent to an activating group) is 1. The number of ether oxygens (including phenoxy) is 1. The van der Waals surface area contributed by atoms with Gasteiger partial charge in [-0.15, -0.1) is 0 Å². The van der Waals surface area contributed by atoms with Crippen LogP contribution in [0, 0.1) is 5.92 Å². The van der Waals surface area contributed by atoms with Crippen molar-refractivity contribution in [3.05, 3.63) is 58.8 Å². The van der Waals surface area contributed by atoms with Gasteiger partial charge < -0.3 is 19.9 Å². The summed E-state index contributed by atoms with van der Waals surface area (Å²) in [7, 11) is 1.96. The second-order valence-corrected chi connectivity index (χ2v) is 12.0. The van der Waals surface area contributed by atoms with E-state index < -0.39 is 11.7 Å². The van der Waals surface area contributed by atoms with Crippen LogP contribution in [0.5, 0.6) is 5.75 Å². The number of ketones is 1. The average Bonchev–Trinajstić information content (AvgIpc) is 3.00. The molecule has 0 aromatic heterocycles. The average molecular weight is 582 g/mol. The molecular formula is C33H38F3N3O3. The van der Waals surface area contributed by atoms with E-state index in [9.17, 15) is 22.8 Å². The highest BCUT2D eigenvalue weighted by atomic mass is 19.4. The van der Waals surface area contributed by atoms with Crippen LogP contribution in [0.4, 0.5) is 18.9 Å². The molecule has 2 aromatic rings. The summed E-state index contributed by atoms with van der Waals surface area (Å²) in [5, 5.41) is 3.04. The zero-order valence-electron chi connectivity index (χ0n) is 24.1. The lowest BCUT2D eigenvalue weighted by Gasteiger charge is -2.40. The molecule has 2 aliphatic carbocycles. The van der Waals surface area contributed by atoms with E-state index in [0.29, 0.717) is 48.2 Å². The van der Waals surface area contributed by atoms with Gasteiger partial charge in [-0.3, -0.25) is 9.59 Å². The van der Waals surface area contributed by atoms with Gasteiger partial charge in [-0.05, 0) is 79.5 Å². The highest BCUT2D eigenvalue weighted by molar-refractivity contribution is 6.01. The van der Waals surface area contributed by atoms with Crippen LogP contribution in [0.3, 0.4) is 0 Å². The Morgan fingerprint density at radius 2 is 1.74 bits per heavy atom. The Morgan fingerprint density at radius 1 is 1.00 bits per heavy atom. The first-order chi connectivity index (χ1) is 20.2. The minimum Gasteiger partial charge on any atom is -0.489 e. The van der Waals surface area contributed by atoms with Crippen LogP contribution in [0.15, 0.2) is 47.7 Å². The van der Waals surface area contributed by atoms with E-state index in [1.165, 1.54) is 24.3 Å². The Morgan fingerprint density at radius 3 is 2.48 bits per heavy atom. The lowest BCUT2D eigenvalue weighted by atomic mass is 9.81.